The minimum atomic E-state index is -3.60. The molecule has 0 aromatic carbocycles. The summed E-state index contributed by atoms with van der Waals surface area (Å²) < 4.78 is 28.8. The number of nitrogens with one attached hydrogen (secondary N) is 1. The van der Waals surface area contributed by atoms with Gasteiger partial charge in [0.15, 0.2) is 0 Å². The van der Waals surface area contributed by atoms with Crippen molar-refractivity contribution in [3.8, 4) is 0 Å². The van der Waals surface area contributed by atoms with Crippen molar-refractivity contribution < 1.29 is 13.2 Å². The quantitative estimate of drug-likeness (QED) is 0.854. The Bertz CT molecular complexity index is 666. The van der Waals surface area contributed by atoms with E-state index >= 15 is 0 Å². The van der Waals surface area contributed by atoms with Gasteiger partial charge < -0.3 is 14.8 Å². The van der Waals surface area contributed by atoms with E-state index in [4.69, 9.17) is 0 Å². The second kappa shape index (κ2) is 6.02. The predicted octanol–water partition coefficient (Wildman–Crippen LogP) is 0.0978. The molecule has 2 atom stereocenters. The molecule has 1 aromatic rings. The van der Waals surface area contributed by atoms with E-state index in [0.717, 1.165) is 0 Å². The summed E-state index contributed by atoms with van der Waals surface area (Å²) in [6.45, 7) is 4.92. The van der Waals surface area contributed by atoms with Gasteiger partial charge in [0.1, 0.15) is 10.6 Å². The van der Waals surface area contributed by atoms with Crippen LogP contribution in [0.3, 0.4) is 0 Å². The van der Waals surface area contributed by atoms with Gasteiger partial charge in [0.2, 0.25) is 10.0 Å². The number of nitrogens with zero attached hydrogens (tertiary/aromatic N) is 3. The van der Waals surface area contributed by atoms with Crippen LogP contribution in [-0.2, 0) is 17.1 Å². The number of hydrogen-bond donors (Lipinski definition) is 1. The maximum atomic E-state index is 12.9. The van der Waals surface area contributed by atoms with E-state index in [1.807, 2.05) is 13.8 Å². The van der Waals surface area contributed by atoms with Gasteiger partial charge >= 0.3 is 0 Å². The molecule has 0 aliphatic carbocycles. The van der Waals surface area contributed by atoms with E-state index in [9.17, 15) is 13.2 Å². The highest BCUT2D eigenvalue weighted by Gasteiger charge is 2.35. The largest absolute Gasteiger partial charge is 0.345 e. The van der Waals surface area contributed by atoms with Crippen molar-refractivity contribution in [3.05, 3.63) is 18.0 Å². The van der Waals surface area contributed by atoms with Gasteiger partial charge in [-0.1, -0.05) is 0 Å². The summed E-state index contributed by atoms with van der Waals surface area (Å²) in [5, 5.41) is 3.26. The first-order chi connectivity index (χ1) is 10.2. The zero-order valence-electron chi connectivity index (χ0n) is 13.7. The number of aromatic nitrogens is 1. The predicted molar refractivity (Wildman–Crippen MR) is 84.2 cm³/mol. The molecule has 1 fully saturated rings. The molecule has 1 saturated heterocycles. The van der Waals surface area contributed by atoms with Crippen molar-refractivity contribution in [1.29, 1.82) is 0 Å². The molecule has 124 valence electrons. The molecular formula is C14H24N4O3S. The number of aryl methyl sites for hydroxylation is 1. The van der Waals surface area contributed by atoms with Gasteiger partial charge in [-0.05, 0) is 19.9 Å². The molecular weight excluding hydrogens is 304 g/mol. The van der Waals surface area contributed by atoms with Crippen LogP contribution in [0.2, 0.25) is 0 Å². The molecule has 1 amide bonds. The summed E-state index contributed by atoms with van der Waals surface area (Å²) in [6, 6.07) is 1.42. The van der Waals surface area contributed by atoms with Crippen molar-refractivity contribution in [2.75, 3.05) is 27.2 Å². The lowest BCUT2D eigenvalue weighted by molar-refractivity contribution is 0.0818. The smallest absolute Gasteiger partial charge is 0.269 e. The molecule has 1 aliphatic heterocycles. The van der Waals surface area contributed by atoms with E-state index in [1.54, 1.807) is 25.7 Å². The Hall–Kier alpha value is -1.38. The Morgan fingerprint density at radius 1 is 1.36 bits per heavy atom. The first-order valence-electron chi connectivity index (χ1n) is 7.29. The molecule has 7 nitrogen and oxygen atoms in total. The first-order valence-corrected chi connectivity index (χ1v) is 8.73. The number of carbonyl (C=O) groups is 1. The van der Waals surface area contributed by atoms with E-state index in [0.29, 0.717) is 18.8 Å². The van der Waals surface area contributed by atoms with Crippen LogP contribution < -0.4 is 5.32 Å². The van der Waals surface area contributed by atoms with E-state index in [2.05, 4.69) is 5.32 Å². The van der Waals surface area contributed by atoms with Gasteiger partial charge in [-0.3, -0.25) is 4.79 Å². The van der Waals surface area contributed by atoms with Crippen molar-refractivity contribution in [3.63, 3.8) is 0 Å². The maximum absolute atomic E-state index is 12.9. The summed E-state index contributed by atoms with van der Waals surface area (Å²) in [4.78, 5) is 13.7. The van der Waals surface area contributed by atoms with Crippen molar-refractivity contribution in [1.82, 2.24) is 19.1 Å². The fourth-order valence-electron chi connectivity index (χ4n) is 2.62. The highest BCUT2D eigenvalue weighted by atomic mass is 32.2. The van der Waals surface area contributed by atoms with Gasteiger partial charge in [-0.25, -0.2) is 8.42 Å². The number of piperazine rings is 1. The third kappa shape index (κ3) is 2.90. The summed E-state index contributed by atoms with van der Waals surface area (Å²) >= 11 is 0. The van der Waals surface area contributed by atoms with Crippen molar-refractivity contribution >= 4 is 15.9 Å². The number of sulfonamides is 1. The third-order valence-electron chi connectivity index (χ3n) is 4.19. The fraction of sp³-hybridized carbons (Fsp3) is 0.643. The lowest BCUT2D eigenvalue weighted by atomic mass is 10.1. The maximum Gasteiger partial charge on any atom is 0.269 e. The molecule has 2 rings (SSSR count). The third-order valence-corrected chi connectivity index (χ3v) is 6.14. The number of amides is 1. The topological polar surface area (TPSA) is 74.7 Å². The molecule has 2 heterocycles. The average molecular weight is 328 g/mol. The zero-order chi connectivity index (χ0) is 16.7. The summed E-state index contributed by atoms with van der Waals surface area (Å²) in [6.07, 6.45) is 1.51. The SMILES string of the molecule is CC1NCCN(S(=O)(=O)c2cc(C(=O)N(C)C)n(C)c2)C1C. The summed E-state index contributed by atoms with van der Waals surface area (Å²) in [5.74, 6) is -0.217. The minimum absolute atomic E-state index is 0.0927. The van der Waals surface area contributed by atoms with Crippen LogP contribution in [0.25, 0.3) is 0 Å². The summed E-state index contributed by atoms with van der Waals surface area (Å²) in [7, 11) is 1.36. The molecule has 1 N–H and O–H groups in total. The van der Waals surface area contributed by atoms with Gasteiger partial charge in [0, 0.05) is 52.5 Å². The van der Waals surface area contributed by atoms with Crippen LogP contribution in [-0.4, -0.2) is 67.4 Å². The van der Waals surface area contributed by atoms with Gasteiger partial charge in [-0.2, -0.15) is 4.31 Å². The molecule has 1 aliphatic rings. The van der Waals surface area contributed by atoms with Gasteiger partial charge in [-0.15, -0.1) is 0 Å². The van der Waals surface area contributed by atoms with Gasteiger partial charge in [0.25, 0.3) is 5.91 Å². The van der Waals surface area contributed by atoms with E-state index in [1.165, 1.54) is 21.5 Å². The normalized spacial score (nSPS) is 23.5. The Labute approximate surface area is 131 Å². The van der Waals surface area contributed by atoms with Crippen LogP contribution in [0.15, 0.2) is 17.2 Å². The first kappa shape index (κ1) is 17.0. The molecule has 0 bridgehead atoms. The van der Waals surface area contributed by atoms with Crippen LogP contribution in [0, 0.1) is 0 Å². The van der Waals surface area contributed by atoms with E-state index in [-0.39, 0.29) is 22.9 Å². The van der Waals surface area contributed by atoms with Gasteiger partial charge in [0.05, 0.1) is 0 Å². The van der Waals surface area contributed by atoms with Crippen LogP contribution in [0.1, 0.15) is 24.3 Å². The second-order valence-corrected chi connectivity index (χ2v) is 7.86. The average Bonchev–Trinajstić information content (AvgIpc) is 2.83. The number of rotatable bonds is 3. The van der Waals surface area contributed by atoms with Crippen molar-refractivity contribution in [2.45, 2.75) is 30.8 Å². The summed E-state index contributed by atoms with van der Waals surface area (Å²) in [5.41, 5.74) is 0.361. The minimum Gasteiger partial charge on any atom is -0.345 e. The molecule has 1 aromatic heterocycles. The van der Waals surface area contributed by atoms with Crippen LogP contribution in [0.5, 0.6) is 0 Å². The zero-order valence-corrected chi connectivity index (χ0v) is 14.5. The standard InChI is InChI=1S/C14H24N4O3S/c1-10-11(2)18(7-6-15-10)22(20,21)12-8-13(17(5)9-12)14(19)16(3)4/h8-11,15H,6-7H2,1-5H3. The molecule has 0 radical (unpaired) electrons. The Morgan fingerprint density at radius 2 is 2.00 bits per heavy atom. The lowest BCUT2D eigenvalue weighted by Crippen LogP contribution is -2.56. The highest BCUT2D eigenvalue weighted by Crippen LogP contribution is 2.23. The number of hydrogen-bond acceptors (Lipinski definition) is 4. The Balaban J connectivity index is 2.38. The Kier molecular flexibility index (Phi) is 4.65. The molecule has 8 heteroatoms. The Morgan fingerprint density at radius 3 is 2.59 bits per heavy atom. The molecule has 22 heavy (non-hydrogen) atoms. The fourth-order valence-corrected chi connectivity index (χ4v) is 4.39. The second-order valence-electron chi connectivity index (χ2n) is 5.97. The van der Waals surface area contributed by atoms with Crippen LogP contribution >= 0.6 is 0 Å². The van der Waals surface area contributed by atoms with Crippen LogP contribution in [0.4, 0.5) is 0 Å². The monoisotopic (exact) mass is 328 g/mol. The lowest BCUT2D eigenvalue weighted by Gasteiger charge is -2.37. The highest BCUT2D eigenvalue weighted by molar-refractivity contribution is 7.89. The van der Waals surface area contributed by atoms with E-state index < -0.39 is 10.0 Å². The molecule has 2 unspecified atom stereocenters. The molecule has 0 spiro atoms. The number of carbonyl (C=O) groups excluding carboxylic acids is 1. The van der Waals surface area contributed by atoms with Crippen molar-refractivity contribution in [2.24, 2.45) is 7.05 Å². The molecule has 0 saturated carbocycles.